The van der Waals surface area contributed by atoms with E-state index in [0.29, 0.717) is 17.2 Å². The summed E-state index contributed by atoms with van der Waals surface area (Å²) >= 11 is 0. The van der Waals surface area contributed by atoms with Crippen LogP contribution in [0, 0.1) is 0 Å². The third-order valence-corrected chi connectivity index (χ3v) is 6.00. The van der Waals surface area contributed by atoms with Gasteiger partial charge in [-0.15, -0.1) is 0 Å². The Balaban J connectivity index is 2.12. The van der Waals surface area contributed by atoms with Crippen molar-refractivity contribution in [3.05, 3.63) is 90.0 Å². The van der Waals surface area contributed by atoms with E-state index < -0.39 is 23.3 Å². The Bertz CT molecular complexity index is 1310. The summed E-state index contributed by atoms with van der Waals surface area (Å²) in [4.78, 5) is 38.7. The predicted molar refractivity (Wildman–Crippen MR) is 139 cm³/mol. The van der Waals surface area contributed by atoms with Crippen LogP contribution in [0.4, 0.5) is 0 Å². The Hall–Kier alpha value is -4.79. The van der Waals surface area contributed by atoms with E-state index in [1.807, 2.05) is 18.2 Å². The van der Waals surface area contributed by atoms with Crippen LogP contribution in [0.3, 0.4) is 0 Å². The second kappa shape index (κ2) is 12.0. The maximum absolute atomic E-state index is 13.3. The van der Waals surface area contributed by atoms with Crippen molar-refractivity contribution in [2.75, 3.05) is 28.4 Å². The highest BCUT2D eigenvalue weighted by molar-refractivity contribution is 6.08. The van der Waals surface area contributed by atoms with Gasteiger partial charge in [-0.05, 0) is 47.0 Å². The van der Waals surface area contributed by atoms with Gasteiger partial charge >= 0.3 is 17.9 Å². The van der Waals surface area contributed by atoms with Gasteiger partial charge in [0.05, 0.1) is 28.4 Å². The molecule has 0 saturated carbocycles. The number of allylic oxidation sites excluding steroid dienone is 1. The number of benzene rings is 3. The van der Waals surface area contributed by atoms with Crippen molar-refractivity contribution < 1.29 is 43.2 Å². The number of para-hydroxylation sites is 1. The molecule has 0 aliphatic carbocycles. The fraction of sp³-hybridized carbons (Fsp3) is 0.207. The molecule has 3 aromatic carbocycles. The topological polar surface area (TPSA) is 118 Å². The summed E-state index contributed by atoms with van der Waals surface area (Å²) in [6.07, 6.45) is -0.359. The zero-order valence-corrected chi connectivity index (χ0v) is 21.5. The predicted octanol–water partition coefficient (Wildman–Crippen LogP) is 4.88. The highest BCUT2D eigenvalue weighted by Gasteiger charge is 2.51. The van der Waals surface area contributed by atoms with E-state index in [2.05, 4.69) is 6.58 Å². The number of ether oxygens (including phenoxy) is 5. The van der Waals surface area contributed by atoms with Crippen molar-refractivity contribution in [1.82, 2.24) is 0 Å². The summed E-state index contributed by atoms with van der Waals surface area (Å²) in [5, 5.41) is 9.91. The number of hydrogen-bond donors (Lipinski definition) is 1. The highest BCUT2D eigenvalue weighted by Crippen LogP contribution is 2.41. The molecule has 3 aromatic rings. The van der Waals surface area contributed by atoms with Crippen LogP contribution in [0.15, 0.2) is 73.3 Å². The van der Waals surface area contributed by atoms with E-state index in [9.17, 15) is 19.5 Å². The van der Waals surface area contributed by atoms with Crippen LogP contribution in [-0.4, -0.2) is 51.5 Å². The standard InChI is InChI=1S/C29H28O9/c1-18(23-15-22(34-2)16-24(35-3)25(23)26(30)31)17-29(27(32)36-4,28(33)37-5)19-11-13-21(14-12-19)38-20-9-7-6-8-10-20/h6-16H,1,17H2,2-5H3,(H,30,31). The molecule has 3 rings (SSSR count). The third kappa shape index (κ3) is 5.46. The molecular formula is C29H28O9. The average Bonchev–Trinajstić information content (AvgIpc) is 2.95. The number of methoxy groups -OCH3 is 4. The molecule has 0 amide bonds. The lowest BCUT2D eigenvalue weighted by atomic mass is 9.74. The Morgan fingerprint density at radius 3 is 1.87 bits per heavy atom. The molecule has 0 saturated heterocycles. The number of aromatic carboxylic acids is 1. The normalized spacial score (nSPS) is 10.7. The number of rotatable bonds is 11. The van der Waals surface area contributed by atoms with Crippen LogP contribution in [0.5, 0.6) is 23.0 Å². The largest absolute Gasteiger partial charge is 0.497 e. The van der Waals surface area contributed by atoms with Crippen LogP contribution < -0.4 is 14.2 Å². The number of carboxylic acids is 1. The van der Waals surface area contributed by atoms with Gasteiger partial charge in [0.2, 0.25) is 0 Å². The average molecular weight is 521 g/mol. The first-order valence-electron chi connectivity index (χ1n) is 11.4. The fourth-order valence-electron chi connectivity index (χ4n) is 4.13. The van der Waals surface area contributed by atoms with E-state index in [1.165, 1.54) is 26.4 Å². The van der Waals surface area contributed by atoms with Crippen molar-refractivity contribution >= 4 is 23.5 Å². The summed E-state index contributed by atoms with van der Waals surface area (Å²) in [5.41, 5.74) is -1.70. The smallest absolute Gasteiger partial charge is 0.340 e. The van der Waals surface area contributed by atoms with Gasteiger partial charge in [-0.2, -0.15) is 0 Å². The maximum Gasteiger partial charge on any atom is 0.340 e. The Morgan fingerprint density at radius 1 is 0.789 bits per heavy atom. The van der Waals surface area contributed by atoms with Crippen LogP contribution in [0.1, 0.15) is 27.9 Å². The quantitative estimate of drug-likeness (QED) is 0.279. The third-order valence-electron chi connectivity index (χ3n) is 6.00. The molecule has 0 radical (unpaired) electrons. The molecule has 0 bridgehead atoms. The number of carbonyl (C=O) groups is 3. The van der Waals surface area contributed by atoms with Crippen LogP contribution >= 0.6 is 0 Å². The monoisotopic (exact) mass is 520 g/mol. The van der Waals surface area contributed by atoms with Gasteiger partial charge in [0.15, 0.2) is 5.41 Å². The second-order valence-electron chi connectivity index (χ2n) is 8.17. The second-order valence-corrected chi connectivity index (χ2v) is 8.17. The van der Waals surface area contributed by atoms with E-state index in [0.717, 1.165) is 14.2 Å². The van der Waals surface area contributed by atoms with Gasteiger partial charge in [-0.1, -0.05) is 36.9 Å². The number of hydrogen-bond acceptors (Lipinski definition) is 8. The molecule has 9 heteroatoms. The first-order valence-corrected chi connectivity index (χ1v) is 11.4. The fourth-order valence-corrected chi connectivity index (χ4v) is 4.13. The van der Waals surface area contributed by atoms with Gasteiger partial charge in [-0.3, -0.25) is 9.59 Å². The lowest BCUT2D eigenvalue weighted by Gasteiger charge is -2.30. The lowest BCUT2D eigenvalue weighted by Crippen LogP contribution is -2.45. The maximum atomic E-state index is 13.3. The molecule has 0 aromatic heterocycles. The Kier molecular flexibility index (Phi) is 8.75. The molecule has 0 fully saturated rings. The van der Waals surface area contributed by atoms with Crippen molar-refractivity contribution in [3.63, 3.8) is 0 Å². The summed E-state index contributed by atoms with van der Waals surface area (Å²) in [7, 11) is 5.02. The minimum Gasteiger partial charge on any atom is -0.497 e. The SMILES string of the molecule is C=C(CC(C(=O)OC)(C(=O)OC)c1ccc(Oc2ccccc2)cc1)c1cc(OC)cc(OC)c1C(=O)O. The van der Waals surface area contributed by atoms with Gasteiger partial charge in [0, 0.05) is 12.5 Å². The first kappa shape index (κ1) is 27.8. The summed E-state index contributed by atoms with van der Waals surface area (Å²) in [6.45, 7) is 4.02. The van der Waals surface area contributed by atoms with E-state index >= 15 is 0 Å². The molecule has 38 heavy (non-hydrogen) atoms. The summed E-state index contributed by atoms with van der Waals surface area (Å²) in [5.74, 6) is -1.71. The molecule has 0 aliphatic rings. The number of carbonyl (C=O) groups excluding carboxylic acids is 2. The van der Waals surface area contributed by atoms with Crippen molar-refractivity contribution in [3.8, 4) is 23.0 Å². The highest BCUT2D eigenvalue weighted by atomic mass is 16.5. The zero-order chi connectivity index (χ0) is 27.9. The molecule has 198 valence electrons. The van der Waals surface area contributed by atoms with Crippen LogP contribution in [0.25, 0.3) is 5.57 Å². The minimum atomic E-state index is -2.00. The molecule has 1 N–H and O–H groups in total. The van der Waals surface area contributed by atoms with E-state index in [1.54, 1.807) is 36.4 Å². The molecule has 0 heterocycles. The van der Waals surface area contributed by atoms with Crippen LogP contribution in [-0.2, 0) is 24.5 Å². The van der Waals surface area contributed by atoms with Gasteiger partial charge in [-0.25, -0.2) is 4.79 Å². The molecule has 0 spiro atoms. The van der Waals surface area contributed by atoms with E-state index in [4.69, 9.17) is 23.7 Å². The number of esters is 2. The molecule has 0 unspecified atom stereocenters. The minimum absolute atomic E-state index is 0.0251. The van der Waals surface area contributed by atoms with Gasteiger partial charge in [0.1, 0.15) is 28.6 Å². The van der Waals surface area contributed by atoms with Crippen molar-refractivity contribution in [2.24, 2.45) is 0 Å². The van der Waals surface area contributed by atoms with Crippen molar-refractivity contribution in [1.29, 1.82) is 0 Å². The number of carboxylic acid groups (broad SMARTS) is 1. The van der Waals surface area contributed by atoms with Gasteiger partial charge < -0.3 is 28.8 Å². The Labute approximate surface area is 220 Å². The first-order chi connectivity index (χ1) is 18.2. The Morgan fingerprint density at radius 2 is 1.37 bits per heavy atom. The van der Waals surface area contributed by atoms with Crippen molar-refractivity contribution in [2.45, 2.75) is 11.8 Å². The van der Waals surface area contributed by atoms with Crippen LogP contribution in [0.2, 0.25) is 0 Å². The molecular weight excluding hydrogens is 492 g/mol. The van der Waals surface area contributed by atoms with E-state index in [-0.39, 0.29) is 34.4 Å². The lowest BCUT2D eigenvalue weighted by molar-refractivity contribution is -0.161. The molecule has 9 nitrogen and oxygen atoms in total. The summed E-state index contributed by atoms with van der Waals surface area (Å²) in [6, 6.07) is 18.2. The zero-order valence-electron chi connectivity index (χ0n) is 21.5. The summed E-state index contributed by atoms with van der Waals surface area (Å²) < 4.78 is 26.5. The molecule has 0 aliphatic heterocycles. The van der Waals surface area contributed by atoms with Gasteiger partial charge in [0.25, 0.3) is 0 Å². The molecule has 0 atom stereocenters.